The fourth-order valence-corrected chi connectivity index (χ4v) is 2.35. The van der Waals surface area contributed by atoms with Crippen molar-refractivity contribution in [1.29, 1.82) is 0 Å². The highest BCUT2D eigenvalue weighted by Gasteiger charge is 2.19. The predicted octanol–water partition coefficient (Wildman–Crippen LogP) is 3.43. The van der Waals surface area contributed by atoms with Crippen LogP contribution in [0.3, 0.4) is 0 Å². The Kier molecular flexibility index (Phi) is 4.68. The summed E-state index contributed by atoms with van der Waals surface area (Å²) in [5.74, 6) is 0.560. The number of benzene rings is 1. The minimum atomic E-state index is -0.453. The summed E-state index contributed by atoms with van der Waals surface area (Å²) in [6.07, 6.45) is 6.12. The third-order valence-electron chi connectivity index (χ3n) is 3.79. The highest BCUT2D eigenvalue weighted by molar-refractivity contribution is 5.88. The Morgan fingerprint density at radius 1 is 1.24 bits per heavy atom. The molecule has 0 heterocycles. The summed E-state index contributed by atoms with van der Waals surface area (Å²) in [5, 5.41) is 10.3. The molecule has 4 nitrogen and oxygen atoms in total. The number of ether oxygens (including phenoxy) is 2. The first-order valence-electron chi connectivity index (χ1n) is 6.93. The largest absolute Gasteiger partial charge is 0.507 e. The van der Waals surface area contributed by atoms with E-state index in [1.807, 2.05) is 13.0 Å². The van der Waals surface area contributed by atoms with Crippen LogP contribution in [0.5, 0.6) is 5.75 Å². The van der Waals surface area contributed by atoms with E-state index in [-0.39, 0.29) is 5.75 Å². The van der Waals surface area contributed by atoms with Crippen LogP contribution in [0.1, 0.15) is 36.0 Å². The molecule has 0 aromatic heterocycles. The number of phenols is 1. The van der Waals surface area contributed by atoms with Crippen LogP contribution >= 0.6 is 0 Å². The summed E-state index contributed by atoms with van der Waals surface area (Å²) in [4.78, 5) is 11.1. The van der Waals surface area contributed by atoms with Gasteiger partial charge in [0.1, 0.15) is 11.5 Å². The lowest BCUT2D eigenvalue weighted by Gasteiger charge is -2.22. The van der Waals surface area contributed by atoms with Crippen LogP contribution < -0.4 is 0 Å². The van der Waals surface area contributed by atoms with Crippen molar-refractivity contribution in [2.75, 3.05) is 14.2 Å². The van der Waals surface area contributed by atoms with Gasteiger partial charge in [0.25, 0.3) is 0 Å². The van der Waals surface area contributed by atoms with Crippen molar-refractivity contribution in [3.8, 4) is 5.75 Å². The van der Waals surface area contributed by atoms with Crippen LogP contribution in [-0.4, -0.2) is 25.3 Å². The van der Waals surface area contributed by atoms with E-state index in [4.69, 9.17) is 4.74 Å². The van der Waals surface area contributed by atoms with Crippen molar-refractivity contribution in [1.82, 2.24) is 0 Å². The second-order valence-corrected chi connectivity index (χ2v) is 5.02. The molecule has 0 atom stereocenters. The predicted molar refractivity (Wildman–Crippen MR) is 81.7 cm³/mol. The number of rotatable bonds is 4. The molecule has 1 aromatic carbocycles. The Balaban J connectivity index is 2.38. The monoisotopic (exact) mass is 288 g/mol. The van der Waals surface area contributed by atoms with E-state index in [0.29, 0.717) is 5.56 Å². The smallest absolute Gasteiger partial charge is 0.330 e. The highest BCUT2D eigenvalue weighted by atomic mass is 16.5. The first kappa shape index (κ1) is 15.2. The lowest BCUT2D eigenvalue weighted by molar-refractivity contribution is -0.134. The molecule has 1 aliphatic carbocycles. The first-order chi connectivity index (χ1) is 10.1. The van der Waals surface area contributed by atoms with Crippen molar-refractivity contribution in [3.63, 3.8) is 0 Å². The third-order valence-corrected chi connectivity index (χ3v) is 3.79. The molecule has 0 amide bonds. The SMILES string of the molecule is COC(=O)/C=C/c1ccc(C(OC)=C2CCC2)c(C)c1O. The molecule has 1 aromatic rings. The van der Waals surface area contributed by atoms with Gasteiger partial charge in [0.2, 0.25) is 0 Å². The standard InChI is InChI=1S/C17H20O4/c1-11-14(17(21-3)13-5-4-6-13)9-7-12(16(11)19)8-10-15(18)20-2/h7-10,19H,4-6H2,1-3H3/b10-8+. The van der Waals surface area contributed by atoms with Crippen molar-refractivity contribution >= 4 is 17.8 Å². The van der Waals surface area contributed by atoms with E-state index in [1.54, 1.807) is 19.3 Å². The van der Waals surface area contributed by atoms with Crippen molar-refractivity contribution in [2.45, 2.75) is 26.2 Å². The fraction of sp³-hybridized carbons (Fsp3) is 0.353. The van der Waals surface area contributed by atoms with Gasteiger partial charge in [-0.05, 0) is 37.8 Å². The number of phenolic OH excluding ortho intramolecular Hbond substituents is 1. The summed E-state index contributed by atoms with van der Waals surface area (Å²) >= 11 is 0. The summed E-state index contributed by atoms with van der Waals surface area (Å²) in [7, 11) is 2.97. The molecule has 4 heteroatoms. The van der Waals surface area contributed by atoms with Gasteiger partial charge in [-0.3, -0.25) is 0 Å². The van der Waals surface area contributed by atoms with E-state index in [9.17, 15) is 9.90 Å². The minimum Gasteiger partial charge on any atom is -0.507 e. The second kappa shape index (κ2) is 6.48. The van der Waals surface area contributed by atoms with Crippen LogP contribution in [0.2, 0.25) is 0 Å². The molecule has 0 saturated heterocycles. The van der Waals surface area contributed by atoms with Gasteiger partial charge in [0.05, 0.1) is 14.2 Å². The molecule has 1 aliphatic rings. The zero-order valence-corrected chi connectivity index (χ0v) is 12.6. The van der Waals surface area contributed by atoms with Gasteiger partial charge >= 0.3 is 5.97 Å². The average molecular weight is 288 g/mol. The molecule has 0 aliphatic heterocycles. The molecule has 2 rings (SSSR count). The zero-order valence-electron chi connectivity index (χ0n) is 12.6. The van der Waals surface area contributed by atoms with E-state index in [0.717, 1.165) is 29.7 Å². The van der Waals surface area contributed by atoms with Crippen LogP contribution in [-0.2, 0) is 14.3 Å². The maximum absolute atomic E-state index is 11.1. The molecule has 0 spiro atoms. The molecular weight excluding hydrogens is 268 g/mol. The van der Waals surface area contributed by atoms with E-state index in [2.05, 4.69) is 4.74 Å². The fourth-order valence-electron chi connectivity index (χ4n) is 2.35. The number of esters is 1. The molecule has 21 heavy (non-hydrogen) atoms. The second-order valence-electron chi connectivity index (χ2n) is 5.02. The van der Waals surface area contributed by atoms with Crippen LogP contribution in [0.15, 0.2) is 23.8 Å². The zero-order chi connectivity index (χ0) is 15.4. The van der Waals surface area contributed by atoms with Gasteiger partial charge in [-0.1, -0.05) is 12.1 Å². The van der Waals surface area contributed by atoms with Gasteiger partial charge in [0, 0.05) is 22.8 Å². The third kappa shape index (κ3) is 3.10. The van der Waals surface area contributed by atoms with Gasteiger partial charge in [-0.25, -0.2) is 4.79 Å². The Morgan fingerprint density at radius 3 is 2.48 bits per heavy atom. The van der Waals surface area contributed by atoms with Crippen LogP contribution in [0.4, 0.5) is 0 Å². The maximum atomic E-state index is 11.1. The van der Waals surface area contributed by atoms with E-state index >= 15 is 0 Å². The Bertz CT molecular complexity index is 605. The number of carbonyl (C=O) groups excluding carboxylic acids is 1. The summed E-state index contributed by atoms with van der Waals surface area (Å²) in [5.41, 5.74) is 3.52. The maximum Gasteiger partial charge on any atom is 0.330 e. The van der Waals surface area contributed by atoms with E-state index < -0.39 is 5.97 Å². The Morgan fingerprint density at radius 2 is 1.95 bits per heavy atom. The van der Waals surface area contributed by atoms with Crippen molar-refractivity contribution in [3.05, 3.63) is 40.5 Å². The number of carbonyl (C=O) groups is 1. The van der Waals surface area contributed by atoms with Crippen LogP contribution in [0.25, 0.3) is 11.8 Å². The normalized spacial score (nSPS) is 14.0. The Labute approximate surface area is 124 Å². The lowest BCUT2D eigenvalue weighted by atomic mass is 9.88. The highest BCUT2D eigenvalue weighted by Crippen LogP contribution is 2.37. The quantitative estimate of drug-likeness (QED) is 0.524. The summed E-state index contributed by atoms with van der Waals surface area (Å²) in [6, 6.07) is 3.69. The Hall–Kier alpha value is -2.23. The minimum absolute atomic E-state index is 0.155. The van der Waals surface area contributed by atoms with Crippen molar-refractivity contribution < 1.29 is 19.4 Å². The molecule has 1 N–H and O–H groups in total. The summed E-state index contributed by atoms with van der Waals surface area (Å²) < 4.78 is 10.0. The summed E-state index contributed by atoms with van der Waals surface area (Å²) in [6.45, 7) is 1.85. The molecule has 0 unspecified atom stereocenters. The molecule has 1 fully saturated rings. The lowest BCUT2D eigenvalue weighted by Crippen LogP contribution is -2.04. The van der Waals surface area contributed by atoms with Crippen LogP contribution in [0, 0.1) is 6.92 Å². The number of hydrogen-bond acceptors (Lipinski definition) is 4. The first-order valence-corrected chi connectivity index (χ1v) is 6.93. The van der Waals surface area contributed by atoms with Gasteiger partial charge in [-0.2, -0.15) is 0 Å². The number of methoxy groups -OCH3 is 2. The van der Waals surface area contributed by atoms with E-state index in [1.165, 1.54) is 25.2 Å². The number of aromatic hydroxyl groups is 1. The number of allylic oxidation sites excluding steroid dienone is 1. The number of hydrogen-bond donors (Lipinski definition) is 1. The molecule has 0 radical (unpaired) electrons. The average Bonchev–Trinajstić information content (AvgIpc) is 2.44. The molecule has 0 bridgehead atoms. The van der Waals surface area contributed by atoms with Crippen molar-refractivity contribution in [2.24, 2.45) is 0 Å². The van der Waals surface area contributed by atoms with Gasteiger partial charge in [-0.15, -0.1) is 0 Å². The topological polar surface area (TPSA) is 55.8 Å². The molecule has 1 saturated carbocycles. The molecule has 112 valence electrons. The van der Waals surface area contributed by atoms with Gasteiger partial charge < -0.3 is 14.6 Å². The van der Waals surface area contributed by atoms with Gasteiger partial charge in [0.15, 0.2) is 0 Å². The molecular formula is C17H20O4.